The molecule has 7 nitrogen and oxygen atoms in total. The Kier molecular flexibility index (Phi) is 6.44. The first kappa shape index (κ1) is 21.2. The number of hydrogen-bond donors (Lipinski definition) is 1. The summed E-state index contributed by atoms with van der Waals surface area (Å²) in [6, 6.07) is 15.4. The third-order valence-electron chi connectivity index (χ3n) is 5.57. The average Bonchev–Trinajstić information content (AvgIpc) is 2.75. The third-order valence-corrected chi connectivity index (χ3v) is 5.57. The third kappa shape index (κ3) is 5.18. The van der Waals surface area contributed by atoms with Crippen LogP contribution in [-0.2, 0) is 29.2 Å². The second-order valence-electron chi connectivity index (χ2n) is 8.08. The molecule has 1 aliphatic heterocycles. The van der Waals surface area contributed by atoms with E-state index in [0.29, 0.717) is 23.3 Å². The fraction of sp³-hybridized carbons (Fsp3) is 0.375. The number of nitrogens with zero attached hydrogens (tertiary/aromatic N) is 3. The van der Waals surface area contributed by atoms with Crippen LogP contribution < -0.4 is 10.9 Å². The van der Waals surface area contributed by atoms with Crippen LogP contribution in [0.4, 0.5) is 0 Å². The van der Waals surface area contributed by atoms with Crippen molar-refractivity contribution in [1.29, 1.82) is 0 Å². The first-order valence-electron chi connectivity index (χ1n) is 10.6. The number of carbonyl (C=O) groups excluding carboxylic acids is 1. The van der Waals surface area contributed by atoms with Gasteiger partial charge in [-0.05, 0) is 37.1 Å². The van der Waals surface area contributed by atoms with E-state index >= 15 is 0 Å². The predicted octanol–water partition coefficient (Wildman–Crippen LogP) is 2.24. The van der Waals surface area contributed by atoms with Crippen molar-refractivity contribution in [2.45, 2.75) is 39.6 Å². The van der Waals surface area contributed by atoms with Crippen molar-refractivity contribution >= 4 is 16.8 Å². The minimum atomic E-state index is -0.213. The van der Waals surface area contributed by atoms with Gasteiger partial charge in [-0.1, -0.05) is 36.4 Å². The minimum Gasteiger partial charge on any atom is -0.376 e. The lowest BCUT2D eigenvalue weighted by Gasteiger charge is -2.31. The van der Waals surface area contributed by atoms with Gasteiger partial charge in [0.25, 0.3) is 5.56 Å². The number of para-hydroxylation sites is 1. The molecule has 1 amide bonds. The molecule has 1 aliphatic rings. The molecule has 0 radical (unpaired) electrons. The largest absolute Gasteiger partial charge is 0.376 e. The summed E-state index contributed by atoms with van der Waals surface area (Å²) in [4.78, 5) is 32.1. The monoisotopic (exact) mass is 420 g/mol. The summed E-state index contributed by atoms with van der Waals surface area (Å²) in [5.41, 5.74) is 2.70. The van der Waals surface area contributed by atoms with Crippen LogP contribution in [0.2, 0.25) is 0 Å². The number of rotatable bonds is 6. The van der Waals surface area contributed by atoms with Gasteiger partial charge in [-0.2, -0.15) is 0 Å². The highest BCUT2D eigenvalue weighted by molar-refractivity contribution is 5.79. The molecular weight excluding hydrogens is 392 g/mol. The van der Waals surface area contributed by atoms with Gasteiger partial charge in [0.1, 0.15) is 12.4 Å². The molecule has 0 bridgehead atoms. The van der Waals surface area contributed by atoms with Crippen LogP contribution in [0.3, 0.4) is 0 Å². The zero-order valence-electron chi connectivity index (χ0n) is 18.0. The molecule has 4 rings (SSSR count). The lowest BCUT2D eigenvalue weighted by molar-refractivity contribution is -0.121. The molecule has 1 N–H and O–H groups in total. The topological polar surface area (TPSA) is 76.5 Å². The molecule has 0 aliphatic carbocycles. The molecule has 1 fully saturated rings. The van der Waals surface area contributed by atoms with Gasteiger partial charge in [-0.25, -0.2) is 4.98 Å². The smallest absolute Gasteiger partial charge is 0.261 e. The molecule has 1 saturated heterocycles. The summed E-state index contributed by atoms with van der Waals surface area (Å²) in [5.74, 6) is 0.315. The fourth-order valence-electron chi connectivity index (χ4n) is 4.00. The van der Waals surface area contributed by atoms with Crippen LogP contribution >= 0.6 is 0 Å². The zero-order chi connectivity index (χ0) is 21.8. The first-order valence-corrected chi connectivity index (χ1v) is 10.6. The highest BCUT2D eigenvalue weighted by Gasteiger charge is 2.17. The number of morpholine rings is 1. The molecule has 31 heavy (non-hydrogen) atoms. The molecule has 0 spiro atoms. The van der Waals surface area contributed by atoms with Crippen molar-refractivity contribution in [3.8, 4) is 0 Å². The molecule has 1 unspecified atom stereocenters. The van der Waals surface area contributed by atoms with E-state index in [0.717, 1.165) is 31.8 Å². The van der Waals surface area contributed by atoms with Crippen LogP contribution in [0, 0.1) is 6.92 Å². The van der Waals surface area contributed by atoms with E-state index in [2.05, 4.69) is 34.3 Å². The van der Waals surface area contributed by atoms with E-state index in [4.69, 9.17) is 4.74 Å². The SMILES string of the molecule is Cc1nc2ccccc2c(=O)n1CC(=O)NCc1cccc(CN2CCOC(C)C2)c1. The zero-order valence-corrected chi connectivity index (χ0v) is 18.0. The Bertz CT molecular complexity index is 1140. The molecule has 1 aromatic heterocycles. The molecular formula is C24H28N4O3. The van der Waals surface area contributed by atoms with Crippen molar-refractivity contribution in [2.24, 2.45) is 0 Å². The lowest BCUT2D eigenvalue weighted by atomic mass is 10.1. The lowest BCUT2D eigenvalue weighted by Crippen LogP contribution is -2.40. The highest BCUT2D eigenvalue weighted by atomic mass is 16.5. The van der Waals surface area contributed by atoms with Crippen LogP contribution in [0.1, 0.15) is 23.9 Å². The maximum atomic E-state index is 12.7. The number of ether oxygens (including phenoxy) is 1. The van der Waals surface area contributed by atoms with Crippen LogP contribution in [0.5, 0.6) is 0 Å². The van der Waals surface area contributed by atoms with E-state index < -0.39 is 0 Å². The van der Waals surface area contributed by atoms with Crippen LogP contribution in [0.25, 0.3) is 10.9 Å². The van der Waals surface area contributed by atoms with Gasteiger partial charge in [0, 0.05) is 26.2 Å². The van der Waals surface area contributed by atoms with Gasteiger partial charge >= 0.3 is 0 Å². The minimum absolute atomic E-state index is 0.0478. The Morgan fingerprint density at radius 1 is 1.19 bits per heavy atom. The van der Waals surface area contributed by atoms with E-state index in [1.807, 2.05) is 18.2 Å². The molecule has 7 heteroatoms. The Morgan fingerprint density at radius 3 is 2.84 bits per heavy atom. The molecule has 2 heterocycles. The van der Waals surface area contributed by atoms with E-state index in [1.54, 1.807) is 25.1 Å². The van der Waals surface area contributed by atoms with Crippen molar-refractivity contribution < 1.29 is 9.53 Å². The molecule has 162 valence electrons. The maximum absolute atomic E-state index is 12.7. The summed E-state index contributed by atoms with van der Waals surface area (Å²) < 4.78 is 7.03. The number of aromatic nitrogens is 2. The number of benzene rings is 2. The van der Waals surface area contributed by atoms with Gasteiger partial charge in [0.05, 0.1) is 23.6 Å². The first-order chi connectivity index (χ1) is 15.0. The summed E-state index contributed by atoms with van der Waals surface area (Å²) in [6.07, 6.45) is 0.257. The van der Waals surface area contributed by atoms with Gasteiger partial charge in [0.2, 0.25) is 5.91 Å². The van der Waals surface area contributed by atoms with Gasteiger partial charge in [0.15, 0.2) is 0 Å². The maximum Gasteiger partial charge on any atom is 0.261 e. The number of aryl methyl sites for hydroxylation is 1. The summed E-state index contributed by atoms with van der Waals surface area (Å²) >= 11 is 0. The fourth-order valence-corrected chi connectivity index (χ4v) is 4.00. The van der Waals surface area contributed by atoms with Crippen molar-refractivity contribution in [3.63, 3.8) is 0 Å². The Balaban J connectivity index is 1.38. The van der Waals surface area contributed by atoms with E-state index in [-0.39, 0.29) is 24.1 Å². The second-order valence-corrected chi connectivity index (χ2v) is 8.08. The normalized spacial score (nSPS) is 17.0. The van der Waals surface area contributed by atoms with Gasteiger partial charge < -0.3 is 10.1 Å². The number of amides is 1. The average molecular weight is 421 g/mol. The highest BCUT2D eigenvalue weighted by Crippen LogP contribution is 2.12. The van der Waals surface area contributed by atoms with E-state index in [1.165, 1.54) is 10.1 Å². The second kappa shape index (κ2) is 9.41. The van der Waals surface area contributed by atoms with Gasteiger partial charge in [-0.15, -0.1) is 0 Å². The van der Waals surface area contributed by atoms with Crippen LogP contribution in [0.15, 0.2) is 53.3 Å². The molecule has 0 saturated carbocycles. The van der Waals surface area contributed by atoms with Crippen LogP contribution in [-0.4, -0.2) is 46.2 Å². The standard InChI is InChI=1S/C24H28N4O3/c1-17-14-27(10-11-31-17)15-20-7-5-6-19(12-20)13-25-23(29)16-28-18(2)26-22-9-4-3-8-21(22)24(28)30/h3-9,12,17H,10-11,13-16H2,1-2H3,(H,25,29). The van der Waals surface area contributed by atoms with Crippen molar-refractivity contribution in [3.05, 3.63) is 75.8 Å². The summed E-state index contributed by atoms with van der Waals surface area (Å²) in [5, 5.41) is 3.45. The van der Waals surface area contributed by atoms with Crippen molar-refractivity contribution in [1.82, 2.24) is 19.8 Å². The molecule has 2 aromatic carbocycles. The number of nitrogens with one attached hydrogen (secondary N) is 1. The summed E-state index contributed by atoms with van der Waals surface area (Å²) in [7, 11) is 0. The summed E-state index contributed by atoms with van der Waals surface area (Å²) in [6.45, 7) is 7.70. The predicted molar refractivity (Wildman–Crippen MR) is 120 cm³/mol. The van der Waals surface area contributed by atoms with Gasteiger partial charge in [-0.3, -0.25) is 19.1 Å². The number of fused-ring (bicyclic) bond motifs is 1. The van der Waals surface area contributed by atoms with Crippen molar-refractivity contribution in [2.75, 3.05) is 19.7 Å². The molecule has 3 aromatic rings. The van der Waals surface area contributed by atoms with E-state index in [9.17, 15) is 9.59 Å². The quantitative estimate of drug-likeness (QED) is 0.662. The molecule has 1 atom stereocenters. The number of carbonyl (C=O) groups is 1. The Labute approximate surface area is 181 Å². The Morgan fingerprint density at radius 2 is 2.00 bits per heavy atom. The number of hydrogen-bond acceptors (Lipinski definition) is 5. The Hall–Kier alpha value is -3.03.